The van der Waals surface area contributed by atoms with E-state index in [0.29, 0.717) is 13.0 Å². The average molecular weight is 103 g/mol. The number of oxime groups is 1. The summed E-state index contributed by atoms with van der Waals surface area (Å²) in [6.45, 7) is 0.426. The molecule has 0 rings (SSSR count). The largest absolute Gasteiger partial charge is 0.409 e. The molecule has 4 heteroatoms. The summed E-state index contributed by atoms with van der Waals surface area (Å²) in [4.78, 5) is 0. The van der Waals surface area contributed by atoms with Gasteiger partial charge in [0.2, 0.25) is 0 Å². The molecule has 0 aliphatic rings. The first-order valence-corrected chi connectivity index (χ1v) is 1.97. The van der Waals surface area contributed by atoms with Gasteiger partial charge in [-0.1, -0.05) is 5.16 Å². The highest BCUT2D eigenvalue weighted by Gasteiger charge is 1.84. The van der Waals surface area contributed by atoms with E-state index in [1.165, 1.54) is 0 Å². The van der Waals surface area contributed by atoms with Gasteiger partial charge in [-0.15, -0.1) is 0 Å². The molecule has 4 nitrogen and oxygen atoms in total. The molecular weight excluding hydrogens is 94.1 g/mol. The molecule has 7 heavy (non-hydrogen) atoms. The first-order valence-electron chi connectivity index (χ1n) is 1.97. The summed E-state index contributed by atoms with van der Waals surface area (Å²) in [5, 5.41) is 10.6. The predicted octanol–water partition coefficient (Wildman–Crippen LogP) is -0.918. The van der Waals surface area contributed by atoms with Crippen molar-refractivity contribution in [1.82, 2.24) is 0 Å². The first-order chi connectivity index (χ1) is 3.31. The summed E-state index contributed by atoms with van der Waals surface area (Å²) < 4.78 is 0. The van der Waals surface area contributed by atoms with Crippen LogP contribution in [0, 0.1) is 0 Å². The lowest BCUT2D eigenvalue weighted by Crippen LogP contribution is -2.16. The Balaban J connectivity index is 3.17. The van der Waals surface area contributed by atoms with Crippen LogP contribution in [0.2, 0.25) is 0 Å². The minimum atomic E-state index is 0.183. The maximum absolute atomic E-state index is 7.87. The predicted molar refractivity (Wildman–Crippen MR) is 27.1 cm³/mol. The standard InChI is InChI=1S/C3H9N3O/c4-2-1-3(5)6-7/h7H,1-2,4H2,(H2,5,6). The Morgan fingerprint density at radius 1 is 1.71 bits per heavy atom. The van der Waals surface area contributed by atoms with Crippen molar-refractivity contribution in [3.8, 4) is 0 Å². The Hall–Kier alpha value is -0.770. The van der Waals surface area contributed by atoms with Gasteiger partial charge in [0.25, 0.3) is 0 Å². The molecule has 0 aliphatic carbocycles. The van der Waals surface area contributed by atoms with Crippen LogP contribution in [0.5, 0.6) is 0 Å². The van der Waals surface area contributed by atoms with E-state index in [-0.39, 0.29) is 5.84 Å². The molecule has 0 aromatic heterocycles. The SMILES string of the molecule is NCC/C(N)=N\O. The van der Waals surface area contributed by atoms with Crippen LogP contribution < -0.4 is 11.5 Å². The molecule has 0 spiro atoms. The second-order valence-corrected chi connectivity index (χ2v) is 1.13. The molecule has 42 valence electrons. The Kier molecular flexibility index (Phi) is 3.04. The normalized spacial score (nSPS) is 11.9. The highest BCUT2D eigenvalue weighted by Crippen LogP contribution is 1.70. The second-order valence-electron chi connectivity index (χ2n) is 1.13. The van der Waals surface area contributed by atoms with Crippen LogP contribution in [0.15, 0.2) is 5.16 Å². The van der Waals surface area contributed by atoms with Crippen LogP contribution in [-0.2, 0) is 0 Å². The summed E-state index contributed by atoms with van der Waals surface area (Å²) in [7, 11) is 0. The van der Waals surface area contributed by atoms with Gasteiger partial charge in [0.05, 0.1) is 0 Å². The highest BCUT2D eigenvalue weighted by atomic mass is 16.4. The lowest BCUT2D eigenvalue weighted by Gasteiger charge is -1.88. The zero-order chi connectivity index (χ0) is 5.70. The molecule has 0 heterocycles. The molecule has 0 bridgehead atoms. The Labute approximate surface area is 41.8 Å². The summed E-state index contributed by atoms with van der Waals surface area (Å²) in [6, 6.07) is 0. The van der Waals surface area contributed by atoms with Crippen LogP contribution >= 0.6 is 0 Å². The van der Waals surface area contributed by atoms with E-state index in [9.17, 15) is 0 Å². The van der Waals surface area contributed by atoms with Gasteiger partial charge in [0.1, 0.15) is 5.84 Å². The minimum absolute atomic E-state index is 0.183. The van der Waals surface area contributed by atoms with Gasteiger partial charge >= 0.3 is 0 Å². The number of amidine groups is 1. The van der Waals surface area contributed by atoms with Gasteiger partial charge in [-0.05, 0) is 6.54 Å². The molecule has 0 amide bonds. The number of nitrogens with two attached hydrogens (primary N) is 2. The molecule has 0 fully saturated rings. The lowest BCUT2D eigenvalue weighted by molar-refractivity contribution is 0.317. The van der Waals surface area contributed by atoms with Crippen LogP contribution in [0.4, 0.5) is 0 Å². The molecule has 0 atom stereocenters. The Morgan fingerprint density at radius 2 is 2.29 bits per heavy atom. The molecule has 0 saturated heterocycles. The molecule has 0 aromatic carbocycles. The van der Waals surface area contributed by atoms with E-state index < -0.39 is 0 Å². The van der Waals surface area contributed by atoms with Gasteiger partial charge in [0, 0.05) is 6.42 Å². The smallest absolute Gasteiger partial charge is 0.140 e. The van der Waals surface area contributed by atoms with E-state index >= 15 is 0 Å². The zero-order valence-electron chi connectivity index (χ0n) is 3.96. The summed E-state index contributed by atoms with van der Waals surface area (Å²) in [5.41, 5.74) is 10.0. The molecule has 0 aromatic rings. The number of nitrogens with zero attached hydrogens (tertiary/aromatic N) is 1. The maximum atomic E-state index is 7.87. The fourth-order valence-corrected chi connectivity index (χ4v) is 0.198. The van der Waals surface area contributed by atoms with Crippen molar-refractivity contribution in [2.75, 3.05) is 6.54 Å². The van der Waals surface area contributed by atoms with Crippen molar-refractivity contribution in [2.45, 2.75) is 6.42 Å². The van der Waals surface area contributed by atoms with E-state index in [0.717, 1.165) is 0 Å². The highest BCUT2D eigenvalue weighted by molar-refractivity contribution is 5.79. The zero-order valence-corrected chi connectivity index (χ0v) is 3.96. The summed E-state index contributed by atoms with van der Waals surface area (Å²) >= 11 is 0. The first kappa shape index (κ1) is 6.23. The van der Waals surface area contributed by atoms with Crippen molar-refractivity contribution >= 4 is 5.84 Å². The lowest BCUT2D eigenvalue weighted by atomic mass is 10.4. The van der Waals surface area contributed by atoms with Crippen LogP contribution in [0.1, 0.15) is 6.42 Å². The third-order valence-corrected chi connectivity index (χ3v) is 0.529. The fourth-order valence-electron chi connectivity index (χ4n) is 0.198. The number of hydrogen-bond donors (Lipinski definition) is 3. The monoisotopic (exact) mass is 103 g/mol. The van der Waals surface area contributed by atoms with Crippen molar-refractivity contribution in [1.29, 1.82) is 0 Å². The Morgan fingerprint density at radius 3 is 2.43 bits per heavy atom. The molecule has 0 aliphatic heterocycles. The van der Waals surface area contributed by atoms with Gasteiger partial charge in [-0.25, -0.2) is 0 Å². The third kappa shape index (κ3) is 3.05. The van der Waals surface area contributed by atoms with Crippen LogP contribution in [-0.4, -0.2) is 17.6 Å². The maximum Gasteiger partial charge on any atom is 0.140 e. The minimum Gasteiger partial charge on any atom is -0.409 e. The number of hydrogen-bond acceptors (Lipinski definition) is 3. The van der Waals surface area contributed by atoms with Gasteiger partial charge < -0.3 is 16.7 Å². The average Bonchev–Trinajstić information content (AvgIpc) is 1.68. The van der Waals surface area contributed by atoms with Crippen LogP contribution in [0.25, 0.3) is 0 Å². The van der Waals surface area contributed by atoms with E-state index in [2.05, 4.69) is 5.16 Å². The van der Waals surface area contributed by atoms with Crippen molar-refractivity contribution in [2.24, 2.45) is 16.6 Å². The van der Waals surface area contributed by atoms with Crippen molar-refractivity contribution < 1.29 is 5.21 Å². The second kappa shape index (κ2) is 3.42. The van der Waals surface area contributed by atoms with Gasteiger partial charge in [-0.2, -0.15) is 0 Å². The van der Waals surface area contributed by atoms with Crippen molar-refractivity contribution in [3.63, 3.8) is 0 Å². The van der Waals surface area contributed by atoms with E-state index in [1.54, 1.807) is 0 Å². The molecule has 0 saturated carbocycles. The summed E-state index contributed by atoms with van der Waals surface area (Å²) in [6.07, 6.45) is 0.455. The van der Waals surface area contributed by atoms with Crippen molar-refractivity contribution in [3.05, 3.63) is 0 Å². The van der Waals surface area contributed by atoms with Gasteiger partial charge in [0.15, 0.2) is 0 Å². The Bertz CT molecular complexity index is 70.6. The molecule has 5 N–H and O–H groups in total. The quantitative estimate of drug-likeness (QED) is 0.183. The van der Waals surface area contributed by atoms with Crippen LogP contribution in [0.3, 0.4) is 0 Å². The molecule has 0 unspecified atom stereocenters. The third-order valence-electron chi connectivity index (χ3n) is 0.529. The topological polar surface area (TPSA) is 84.6 Å². The molecular formula is C3H9N3O. The molecule has 0 radical (unpaired) electrons. The van der Waals surface area contributed by atoms with E-state index in [1.807, 2.05) is 0 Å². The van der Waals surface area contributed by atoms with E-state index in [4.69, 9.17) is 16.7 Å². The van der Waals surface area contributed by atoms with Gasteiger partial charge in [-0.3, -0.25) is 0 Å². The number of rotatable bonds is 2. The fraction of sp³-hybridized carbons (Fsp3) is 0.667. The summed E-state index contributed by atoms with van der Waals surface area (Å²) in [5.74, 6) is 0.183.